The number of hydrogen-bond donors (Lipinski definition) is 0. The highest BCUT2D eigenvalue weighted by atomic mass is 15.2. The number of nitrogens with zero attached hydrogens (tertiary/aromatic N) is 3. The molecule has 45 heavy (non-hydrogen) atoms. The zero-order valence-corrected chi connectivity index (χ0v) is 24.3. The van der Waals surface area contributed by atoms with Crippen LogP contribution in [0.2, 0.25) is 0 Å². The summed E-state index contributed by atoms with van der Waals surface area (Å²) in [5, 5.41) is 13.2. The van der Waals surface area contributed by atoms with Crippen LogP contribution in [0, 0.1) is 0 Å². The van der Waals surface area contributed by atoms with E-state index in [1.165, 1.54) is 48.5 Å². The Hall–Kier alpha value is -6.06. The van der Waals surface area contributed by atoms with Gasteiger partial charge in [0.2, 0.25) is 5.95 Å². The predicted molar refractivity (Wildman–Crippen MR) is 189 cm³/mol. The molecule has 2 aromatic heterocycles. The Kier molecular flexibility index (Phi) is 5.00. The van der Waals surface area contributed by atoms with Gasteiger partial charge in [-0.1, -0.05) is 133 Å². The van der Waals surface area contributed by atoms with Gasteiger partial charge >= 0.3 is 0 Å². The van der Waals surface area contributed by atoms with E-state index in [0.717, 1.165) is 38.6 Å². The Morgan fingerprint density at radius 2 is 0.867 bits per heavy atom. The van der Waals surface area contributed by atoms with Gasteiger partial charge in [0.1, 0.15) is 0 Å². The first-order chi connectivity index (χ1) is 22.3. The Labute approximate surface area is 258 Å². The molecule has 0 saturated heterocycles. The van der Waals surface area contributed by atoms with E-state index in [4.69, 9.17) is 9.97 Å². The maximum Gasteiger partial charge on any atom is 0.235 e. The van der Waals surface area contributed by atoms with Crippen molar-refractivity contribution in [3.8, 4) is 17.2 Å². The van der Waals surface area contributed by atoms with E-state index in [2.05, 4.69) is 156 Å². The van der Waals surface area contributed by atoms with Crippen molar-refractivity contribution >= 4 is 75.8 Å². The second kappa shape index (κ2) is 9.22. The maximum absolute atomic E-state index is 5.40. The highest BCUT2D eigenvalue weighted by Gasteiger charge is 2.21. The van der Waals surface area contributed by atoms with E-state index >= 15 is 0 Å². The third-order valence-electron chi connectivity index (χ3n) is 9.37. The molecule has 0 saturated carbocycles. The van der Waals surface area contributed by atoms with Crippen molar-refractivity contribution in [2.24, 2.45) is 0 Å². The molecule has 0 atom stereocenters. The van der Waals surface area contributed by atoms with E-state index in [1.807, 2.05) is 0 Å². The SMILES string of the molecule is c1ccc(-c2nc(-n3c4cccc5c6ccccc6c6ccccc6c6cccc3c6c54)nc3c2ccc2ccccc23)cc1. The molecule has 10 aromatic rings. The van der Waals surface area contributed by atoms with E-state index in [1.54, 1.807) is 0 Å². The van der Waals surface area contributed by atoms with Crippen molar-refractivity contribution in [3.05, 3.63) is 152 Å². The number of rotatable bonds is 2. The zero-order valence-electron chi connectivity index (χ0n) is 24.3. The Balaban J connectivity index is 1.45. The summed E-state index contributed by atoms with van der Waals surface area (Å²) in [6.07, 6.45) is 0. The van der Waals surface area contributed by atoms with Crippen molar-refractivity contribution < 1.29 is 0 Å². The average molecular weight is 572 g/mol. The summed E-state index contributed by atoms with van der Waals surface area (Å²) in [6.45, 7) is 0. The minimum Gasteiger partial charge on any atom is -0.278 e. The summed E-state index contributed by atoms with van der Waals surface area (Å²) in [7, 11) is 0. The fourth-order valence-corrected chi connectivity index (χ4v) is 7.45. The largest absolute Gasteiger partial charge is 0.278 e. The maximum atomic E-state index is 5.40. The molecule has 0 bridgehead atoms. The minimum atomic E-state index is 0.674. The van der Waals surface area contributed by atoms with Crippen LogP contribution < -0.4 is 0 Å². The van der Waals surface area contributed by atoms with Crippen molar-refractivity contribution in [1.29, 1.82) is 0 Å². The van der Waals surface area contributed by atoms with Crippen LogP contribution in [0.3, 0.4) is 0 Å². The Bertz CT molecular complexity index is 2700. The van der Waals surface area contributed by atoms with Gasteiger partial charge in [-0.05, 0) is 55.9 Å². The van der Waals surface area contributed by atoms with Crippen LogP contribution in [0.5, 0.6) is 0 Å². The van der Waals surface area contributed by atoms with E-state index < -0.39 is 0 Å². The molecule has 0 aliphatic rings. The topological polar surface area (TPSA) is 30.7 Å². The molecule has 0 unspecified atom stereocenters. The van der Waals surface area contributed by atoms with Gasteiger partial charge in [-0.15, -0.1) is 0 Å². The van der Waals surface area contributed by atoms with Crippen molar-refractivity contribution in [1.82, 2.24) is 14.5 Å². The van der Waals surface area contributed by atoms with Gasteiger partial charge in [0, 0.05) is 27.1 Å². The first-order valence-corrected chi connectivity index (χ1v) is 15.4. The predicted octanol–water partition coefficient (Wildman–Crippen LogP) is 11.0. The minimum absolute atomic E-state index is 0.674. The quantitative estimate of drug-likeness (QED) is 0.193. The summed E-state index contributed by atoms with van der Waals surface area (Å²) in [6, 6.07) is 54.2. The van der Waals surface area contributed by atoms with Crippen molar-refractivity contribution in [2.45, 2.75) is 0 Å². The molecule has 3 heteroatoms. The lowest BCUT2D eigenvalue weighted by Gasteiger charge is -2.13. The van der Waals surface area contributed by atoms with Gasteiger partial charge in [-0.2, -0.15) is 0 Å². The molecule has 0 radical (unpaired) electrons. The average Bonchev–Trinajstić information content (AvgIpc) is 3.46. The van der Waals surface area contributed by atoms with Crippen LogP contribution in [0.25, 0.3) is 93.0 Å². The molecule has 2 heterocycles. The van der Waals surface area contributed by atoms with Crippen LogP contribution in [0.4, 0.5) is 0 Å². The summed E-state index contributed by atoms with van der Waals surface area (Å²) in [5.74, 6) is 0.674. The van der Waals surface area contributed by atoms with Gasteiger partial charge < -0.3 is 0 Å². The van der Waals surface area contributed by atoms with Gasteiger partial charge in [0.05, 0.1) is 22.2 Å². The smallest absolute Gasteiger partial charge is 0.235 e. The van der Waals surface area contributed by atoms with Crippen molar-refractivity contribution in [3.63, 3.8) is 0 Å². The molecule has 8 aromatic carbocycles. The molecule has 0 aliphatic heterocycles. The summed E-state index contributed by atoms with van der Waals surface area (Å²) in [5.41, 5.74) is 5.16. The number of hydrogen-bond acceptors (Lipinski definition) is 2. The van der Waals surface area contributed by atoms with Gasteiger partial charge in [-0.25, -0.2) is 9.97 Å². The Morgan fingerprint density at radius 1 is 0.356 bits per heavy atom. The van der Waals surface area contributed by atoms with Crippen LogP contribution >= 0.6 is 0 Å². The second-order valence-corrected chi connectivity index (χ2v) is 11.7. The third-order valence-corrected chi connectivity index (χ3v) is 9.37. The molecule has 0 fully saturated rings. The van der Waals surface area contributed by atoms with Gasteiger partial charge in [0.25, 0.3) is 0 Å². The van der Waals surface area contributed by atoms with Crippen LogP contribution in [0.15, 0.2) is 152 Å². The highest BCUT2D eigenvalue weighted by molar-refractivity contribution is 6.33. The fraction of sp³-hybridized carbons (Fsp3) is 0. The summed E-state index contributed by atoms with van der Waals surface area (Å²) < 4.78 is 2.28. The molecule has 0 N–H and O–H groups in total. The lowest BCUT2D eigenvalue weighted by molar-refractivity contribution is 1.02. The van der Waals surface area contributed by atoms with E-state index in [9.17, 15) is 0 Å². The molecule has 10 rings (SSSR count). The number of benzene rings is 7. The molecule has 0 amide bonds. The number of fused-ring (bicyclic) bond motifs is 8. The van der Waals surface area contributed by atoms with E-state index in [-0.39, 0.29) is 0 Å². The molecule has 3 nitrogen and oxygen atoms in total. The van der Waals surface area contributed by atoms with Crippen LogP contribution in [0.1, 0.15) is 0 Å². The van der Waals surface area contributed by atoms with Gasteiger partial charge in [0.15, 0.2) is 0 Å². The lowest BCUT2D eigenvalue weighted by atomic mass is 9.95. The normalized spacial score (nSPS) is 12.0. The first kappa shape index (κ1) is 24.4. The monoisotopic (exact) mass is 571 g/mol. The molecule has 208 valence electrons. The third kappa shape index (κ3) is 3.41. The zero-order chi connectivity index (χ0) is 29.5. The van der Waals surface area contributed by atoms with Crippen molar-refractivity contribution in [2.75, 3.05) is 0 Å². The fourth-order valence-electron chi connectivity index (χ4n) is 7.45. The molecule has 0 aliphatic carbocycles. The second-order valence-electron chi connectivity index (χ2n) is 11.7. The van der Waals surface area contributed by atoms with Crippen LogP contribution in [-0.2, 0) is 0 Å². The Morgan fingerprint density at radius 3 is 1.49 bits per heavy atom. The summed E-state index contributed by atoms with van der Waals surface area (Å²) in [4.78, 5) is 10.8. The molecular formula is C42H25N3. The van der Waals surface area contributed by atoms with Gasteiger partial charge in [-0.3, -0.25) is 4.57 Å². The molecule has 0 spiro atoms. The molecular weight excluding hydrogens is 546 g/mol. The number of aromatic nitrogens is 3. The highest BCUT2D eigenvalue weighted by Crippen LogP contribution is 2.43. The standard InChI is InChI=1S/C42H25N3/c1-2-13-27(14-3-1)40-35-25-24-26-12-4-5-15-28(26)41(35)44-42(43-40)45-36-22-10-20-33-31-18-8-6-16-29(31)30-17-7-9-19-32(30)34-21-11-23-37(45)39(34)38(33)36/h1-25H. The summed E-state index contributed by atoms with van der Waals surface area (Å²) >= 11 is 0. The first-order valence-electron chi connectivity index (χ1n) is 15.4. The van der Waals surface area contributed by atoms with E-state index in [0.29, 0.717) is 5.95 Å². The van der Waals surface area contributed by atoms with Crippen LogP contribution in [-0.4, -0.2) is 14.5 Å². The lowest BCUT2D eigenvalue weighted by Crippen LogP contribution is -2.03.